The van der Waals surface area contributed by atoms with Crippen LogP contribution < -0.4 is 5.32 Å². The number of aryl methyl sites for hydroxylation is 1. The summed E-state index contributed by atoms with van der Waals surface area (Å²) in [6.45, 7) is 13.5. The second-order valence-electron chi connectivity index (χ2n) is 8.00. The van der Waals surface area contributed by atoms with E-state index in [1.807, 2.05) is 25.1 Å². The van der Waals surface area contributed by atoms with Gasteiger partial charge >= 0.3 is 0 Å². The van der Waals surface area contributed by atoms with Crippen molar-refractivity contribution < 1.29 is 4.79 Å². The summed E-state index contributed by atoms with van der Waals surface area (Å²) in [6, 6.07) is 8.02. The Labute approximate surface area is 150 Å². The molecule has 0 unspecified atom stereocenters. The molecule has 134 valence electrons. The van der Waals surface area contributed by atoms with Crippen molar-refractivity contribution in [2.45, 2.75) is 54.1 Å². The Morgan fingerprint density at radius 3 is 2.68 bits per heavy atom. The highest BCUT2D eigenvalue weighted by Crippen LogP contribution is 2.59. The summed E-state index contributed by atoms with van der Waals surface area (Å²) in [6.07, 6.45) is 2.23. The molecule has 3 atom stereocenters. The Balaban J connectivity index is 1.80. The van der Waals surface area contributed by atoms with E-state index in [2.05, 4.69) is 56.6 Å². The zero-order valence-corrected chi connectivity index (χ0v) is 16.1. The van der Waals surface area contributed by atoms with E-state index in [9.17, 15) is 4.79 Å². The van der Waals surface area contributed by atoms with Crippen molar-refractivity contribution in [3.05, 3.63) is 41.7 Å². The lowest BCUT2D eigenvalue weighted by molar-refractivity contribution is -0.123. The minimum Gasteiger partial charge on any atom is -0.346 e. The maximum absolute atomic E-state index is 12.8. The van der Waals surface area contributed by atoms with Crippen LogP contribution in [-0.2, 0) is 11.3 Å². The fraction of sp³-hybridized carbons (Fsp3) is 0.524. The number of carbonyl (C=O) groups excluding carboxylic acids is 1. The lowest BCUT2D eigenvalue weighted by Gasteiger charge is -2.16. The van der Waals surface area contributed by atoms with Crippen LogP contribution in [0.2, 0.25) is 0 Å². The van der Waals surface area contributed by atoms with Gasteiger partial charge in [0.05, 0.1) is 23.0 Å². The number of benzene rings is 1. The summed E-state index contributed by atoms with van der Waals surface area (Å²) in [5, 5.41) is 3.20. The molecule has 0 aliphatic heterocycles. The van der Waals surface area contributed by atoms with Gasteiger partial charge in [-0.1, -0.05) is 37.6 Å². The quantitative estimate of drug-likeness (QED) is 0.817. The topological polar surface area (TPSA) is 46.9 Å². The van der Waals surface area contributed by atoms with Crippen LogP contribution in [-0.4, -0.2) is 15.5 Å². The first-order valence-corrected chi connectivity index (χ1v) is 9.18. The summed E-state index contributed by atoms with van der Waals surface area (Å²) < 4.78 is 2.19. The number of allylic oxidation sites excluding steroid dienone is 2. The molecule has 1 aromatic heterocycles. The lowest BCUT2D eigenvalue weighted by atomic mass is 10.1. The number of para-hydroxylation sites is 2. The van der Waals surface area contributed by atoms with Crippen LogP contribution in [0.25, 0.3) is 11.0 Å². The Morgan fingerprint density at radius 2 is 2.04 bits per heavy atom. The molecule has 1 N–H and O–H groups in total. The predicted molar refractivity (Wildman–Crippen MR) is 102 cm³/mol. The van der Waals surface area contributed by atoms with Crippen molar-refractivity contribution in [1.29, 1.82) is 0 Å². The maximum atomic E-state index is 12.8. The van der Waals surface area contributed by atoms with Gasteiger partial charge in [-0.2, -0.15) is 0 Å². The number of rotatable bonds is 5. The summed E-state index contributed by atoms with van der Waals surface area (Å²) in [7, 11) is 0. The molecule has 4 heteroatoms. The maximum Gasteiger partial charge on any atom is 0.224 e. The Bertz CT molecular complexity index is 827. The van der Waals surface area contributed by atoms with Gasteiger partial charge in [-0.3, -0.25) is 4.79 Å². The van der Waals surface area contributed by atoms with Gasteiger partial charge in [0.15, 0.2) is 0 Å². The number of imidazole rings is 1. The number of hydrogen-bond donors (Lipinski definition) is 1. The van der Waals surface area contributed by atoms with E-state index in [1.165, 1.54) is 5.57 Å². The molecular formula is C21H29N3O. The van der Waals surface area contributed by atoms with Crippen LogP contribution in [0.5, 0.6) is 0 Å². The summed E-state index contributed by atoms with van der Waals surface area (Å²) in [5.74, 6) is 1.43. The minimum atomic E-state index is -0.108. The standard InChI is InChI=1S/C21H29N3O/c1-7-24-17-11-9-8-10-16(17)23-19(24)14(4)22-20(25)18-15(12-13(2)3)21(18,5)6/h8-12,14-15,18H,7H2,1-6H3,(H,22,25)/t14-,15+,18-/m0/s1. The number of hydrogen-bond acceptors (Lipinski definition) is 2. The van der Waals surface area contributed by atoms with Gasteiger partial charge in [-0.25, -0.2) is 4.98 Å². The van der Waals surface area contributed by atoms with E-state index < -0.39 is 0 Å². The van der Waals surface area contributed by atoms with Gasteiger partial charge in [-0.15, -0.1) is 0 Å². The average molecular weight is 339 g/mol. The minimum absolute atomic E-state index is 0.0337. The fourth-order valence-electron chi connectivity index (χ4n) is 3.97. The highest BCUT2D eigenvalue weighted by Gasteiger charge is 2.60. The first kappa shape index (κ1) is 17.7. The molecule has 1 aliphatic rings. The van der Waals surface area contributed by atoms with Gasteiger partial charge in [0.1, 0.15) is 5.82 Å². The molecule has 2 aromatic rings. The Hall–Kier alpha value is -2.10. The van der Waals surface area contributed by atoms with Gasteiger partial charge in [-0.05, 0) is 51.2 Å². The number of aromatic nitrogens is 2. The first-order valence-electron chi connectivity index (χ1n) is 9.18. The van der Waals surface area contributed by atoms with Crippen molar-refractivity contribution in [3.8, 4) is 0 Å². The number of amides is 1. The van der Waals surface area contributed by atoms with E-state index in [0.29, 0.717) is 5.92 Å². The van der Waals surface area contributed by atoms with Crippen molar-refractivity contribution in [2.75, 3.05) is 0 Å². The molecule has 1 aliphatic carbocycles. The third-order valence-electron chi connectivity index (χ3n) is 5.45. The van der Waals surface area contributed by atoms with Crippen molar-refractivity contribution >= 4 is 16.9 Å². The van der Waals surface area contributed by atoms with E-state index in [0.717, 1.165) is 23.4 Å². The zero-order valence-electron chi connectivity index (χ0n) is 16.1. The van der Waals surface area contributed by atoms with Gasteiger partial charge in [0.2, 0.25) is 5.91 Å². The van der Waals surface area contributed by atoms with Crippen molar-refractivity contribution in [1.82, 2.24) is 14.9 Å². The largest absolute Gasteiger partial charge is 0.346 e. The SMILES string of the molecule is CCn1c([C@H](C)NC(=O)[C@@H]2[C@@H](C=C(C)C)C2(C)C)nc2ccccc21. The first-order chi connectivity index (χ1) is 11.8. The monoisotopic (exact) mass is 339 g/mol. The molecule has 1 heterocycles. The average Bonchev–Trinajstić information content (AvgIpc) is 2.92. The third-order valence-corrected chi connectivity index (χ3v) is 5.45. The Morgan fingerprint density at radius 1 is 1.36 bits per heavy atom. The van der Waals surface area contributed by atoms with Gasteiger partial charge < -0.3 is 9.88 Å². The molecule has 4 nitrogen and oxygen atoms in total. The molecule has 1 aromatic carbocycles. The van der Waals surface area contributed by atoms with Gasteiger partial charge in [0.25, 0.3) is 0 Å². The highest BCUT2D eigenvalue weighted by atomic mass is 16.2. The van der Waals surface area contributed by atoms with Gasteiger partial charge in [0, 0.05) is 6.54 Å². The molecule has 3 rings (SSSR count). The summed E-state index contributed by atoms with van der Waals surface area (Å²) >= 11 is 0. The number of nitrogens with one attached hydrogen (secondary N) is 1. The van der Waals surface area contributed by atoms with Crippen LogP contribution in [0.3, 0.4) is 0 Å². The molecule has 1 amide bonds. The van der Waals surface area contributed by atoms with E-state index in [1.54, 1.807) is 0 Å². The van der Waals surface area contributed by atoms with Crippen molar-refractivity contribution in [3.63, 3.8) is 0 Å². The molecule has 0 saturated heterocycles. The molecule has 0 bridgehead atoms. The summed E-state index contributed by atoms with van der Waals surface area (Å²) in [5.41, 5.74) is 3.41. The smallest absolute Gasteiger partial charge is 0.224 e. The second kappa shape index (κ2) is 6.32. The van der Waals surface area contributed by atoms with Crippen LogP contribution in [0.1, 0.15) is 53.4 Å². The predicted octanol–water partition coefficient (Wildman–Crippen LogP) is 4.47. The van der Waals surface area contributed by atoms with E-state index in [4.69, 9.17) is 4.98 Å². The van der Waals surface area contributed by atoms with E-state index >= 15 is 0 Å². The molecule has 25 heavy (non-hydrogen) atoms. The fourth-order valence-corrected chi connectivity index (χ4v) is 3.97. The molecule has 0 spiro atoms. The molecule has 0 radical (unpaired) electrons. The van der Waals surface area contributed by atoms with Crippen LogP contribution in [0.15, 0.2) is 35.9 Å². The second-order valence-corrected chi connectivity index (χ2v) is 8.00. The third kappa shape index (κ3) is 3.10. The van der Waals surface area contributed by atoms with Crippen LogP contribution in [0.4, 0.5) is 0 Å². The van der Waals surface area contributed by atoms with Crippen molar-refractivity contribution in [2.24, 2.45) is 17.3 Å². The van der Waals surface area contributed by atoms with E-state index in [-0.39, 0.29) is 23.3 Å². The van der Waals surface area contributed by atoms with Crippen LogP contribution in [0, 0.1) is 17.3 Å². The zero-order chi connectivity index (χ0) is 18.4. The number of nitrogens with zero attached hydrogens (tertiary/aromatic N) is 2. The molecule has 1 saturated carbocycles. The summed E-state index contributed by atoms with van der Waals surface area (Å²) in [4.78, 5) is 17.6. The lowest BCUT2D eigenvalue weighted by Crippen LogP contribution is -2.31. The normalized spacial score (nSPS) is 22.5. The number of carbonyl (C=O) groups is 1. The van der Waals surface area contributed by atoms with Crippen LogP contribution >= 0.6 is 0 Å². The Kier molecular flexibility index (Phi) is 4.48. The highest BCUT2D eigenvalue weighted by molar-refractivity contribution is 5.84. The number of fused-ring (bicyclic) bond motifs is 1. The molecular weight excluding hydrogens is 310 g/mol. The molecule has 1 fully saturated rings.